The Bertz CT molecular complexity index is 603. The van der Waals surface area contributed by atoms with Crippen LogP contribution in [0, 0.1) is 0 Å². The van der Waals surface area contributed by atoms with Crippen molar-refractivity contribution in [1.29, 1.82) is 0 Å². The molecule has 0 saturated carbocycles. The van der Waals surface area contributed by atoms with Crippen LogP contribution in [0.3, 0.4) is 0 Å². The van der Waals surface area contributed by atoms with Crippen molar-refractivity contribution in [2.75, 3.05) is 19.6 Å². The average Bonchev–Trinajstić information content (AvgIpc) is 3.07. The van der Waals surface area contributed by atoms with Crippen molar-refractivity contribution in [3.63, 3.8) is 0 Å². The minimum atomic E-state index is -4.71. The molecule has 1 aromatic rings. The molecule has 1 aliphatic heterocycles. The molecule has 0 radical (unpaired) electrons. The van der Waals surface area contributed by atoms with E-state index in [0.717, 1.165) is 25.9 Å². The van der Waals surface area contributed by atoms with Crippen molar-refractivity contribution in [2.24, 2.45) is 10.7 Å². The van der Waals surface area contributed by atoms with E-state index in [1.807, 2.05) is 4.90 Å². The summed E-state index contributed by atoms with van der Waals surface area (Å²) in [5, 5.41) is 2.86. The van der Waals surface area contributed by atoms with Gasteiger partial charge in [-0.2, -0.15) is 0 Å². The third kappa shape index (κ3) is 8.11. The molecule has 1 aliphatic rings. The predicted octanol–water partition coefficient (Wildman–Crippen LogP) is 2.62. The van der Waals surface area contributed by atoms with Gasteiger partial charge >= 0.3 is 6.36 Å². The fourth-order valence-electron chi connectivity index (χ4n) is 2.45. The Morgan fingerprint density at radius 2 is 1.85 bits per heavy atom. The molecule has 1 aromatic carbocycles. The molecule has 0 spiro atoms. The summed E-state index contributed by atoms with van der Waals surface area (Å²) >= 11 is 0. The van der Waals surface area contributed by atoms with Crippen LogP contribution in [0.15, 0.2) is 29.3 Å². The van der Waals surface area contributed by atoms with Crippen molar-refractivity contribution in [3.05, 3.63) is 29.8 Å². The van der Waals surface area contributed by atoms with Crippen LogP contribution < -0.4 is 15.8 Å². The molecule has 0 bridgehead atoms. The van der Waals surface area contributed by atoms with Gasteiger partial charge in [0.05, 0.1) is 6.54 Å². The van der Waals surface area contributed by atoms with E-state index in [0.29, 0.717) is 18.5 Å². The molecule has 0 atom stereocenters. The van der Waals surface area contributed by atoms with Gasteiger partial charge in [0.1, 0.15) is 5.75 Å². The number of amides is 1. The fraction of sp³-hybridized carbons (Fsp3) is 0.500. The first kappa shape index (κ1) is 22.3. The number of nitrogens with two attached hydrogens (primary N) is 1. The second-order valence-corrected chi connectivity index (χ2v) is 5.66. The molecule has 1 amide bonds. The van der Waals surface area contributed by atoms with Gasteiger partial charge in [0.2, 0.25) is 5.91 Å². The number of rotatable bonds is 6. The van der Waals surface area contributed by atoms with Gasteiger partial charge < -0.3 is 20.7 Å². The highest BCUT2D eigenvalue weighted by molar-refractivity contribution is 14.0. The van der Waals surface area contributed by atoms with Gasteiger partial charge in [-0.3, -0.25) is 4.79 Å². The number of hydrogen-bond acceptors (Lipinski definition) is 3. The second kappa shape index (κ2) is 10.4. The summed E-state index contributed by atoms with van der Waals surface area (Å²) in [6, 6.07) is 5.40. The maximum atomic E-state index is 12.1. The number of nitrogens with one attached hydrogen (secondary N) is 1. The molecule has 1 fully saturated rings. The van der Waals surface area contributed by atoms with Crippen molar-refractivity contribution >= 4 is 35.8 Å². The molecule has 0 unspecified atom stereocenters. The SMILES string of the molecule is I.NC(=NCc1ccc(OC(F)(F)F)cc1)NCCC(=O)N1CCCC1. The zero-order valence-electron chi connectivity index (χ0n) is 14.1. The molecule has 1 saturated heterocycles. The number of alkyl halides is 3. The highest BCUT2D eigenvalue weighted by Gasteiger charge is 2.30. The summed E-state index contributed by atoms with van der Waals surface area (Å²) in [4.78, 5) is 17.8. The van der Waals surface area contributed by atoms with E-state index in [4.69, 9.17) is 5.73 Å². The van der Waals surface area contributed by atoms with E-state index >= 15 is 0 Å². The van der Waals surface area contributed by atoms with E-state index in [1.165, 1.54) is 24.3 Å². The fourth-order valence-corrected chi connectivity index (χ4v) is 2.45. The molecule has 1 heterocycles. The van der Waals surface area contributed by atoms with Gasteiger partial charge in [-0.25, -0.2) is 4.99 Å². The smallest absolute Gasteiger partial charge is 0.406 e. The Kier molecular flexibility index (Phi) is 8.96. The lowest BCUT2D eigenvalue weighted by atomic mass is 10.2. The lowest BCUT2D eigenvalue weighted by Crippen LogP contribution is -2.36. The standard InChI is InChI=1S/C16H21F3N4O2.HI/c17-16(18,19)25-13-5-3-12(4-6-13)11-22-15(20)21-8-7-14(24)23-9-1-2-10-23;/h3-6H,1-2,7-11H2,(H3,20,21,22);1H. The molecule has 6 nitrogen and oxygen atoms in total. The Morgan fingerprint density at radius 3 is 2.42 bits per heavy atom. The zero-order valence-corrected chi connectivity index (χ0v) is 16.4. The summed E-state index contributed by atoms with van der Waals surface area (Å²) in [6.45, 7) is 2.24. The maximum Gasteiger partial charge on any atom is 0.573 e. The average molecular weight is 486 g/mol. The molecular weight excluding hydrogens is 464 g/mol. The number of halogens is 4. The number of carbonyl (C=O) groups excluding carboxylic acids is 1. The lowest BCUT2D eigenvalue weighted by molar-refractivity contribution is -0.274. The minimum absolute atomic E-state index is 0. The third-order valence-electron chi connectivity index (χ3n) is 3.69. The van der Waals surface area contributed by atoms with Crippen LogP contribution >= 0.6 is 24.0 Å². The Balaban J connectivity index is 0.00000338. The van der Waals surface area contributed by atoms with Gasteiger partial charge in [-0.15, -0.1) is 37.1 Å². The van der Waals surface area contributed by atoms with Crippen LogP contribution in [-0.4, -0.2) is 42.8 Å². The molecule has 0 aromatic heterocycles. The lowest BCUT2D eigenvalue weighted by Gasteiger charge is -2.15. The Labute approximate surface area is 167 Å². The first-order chi connectivity index (χ1) is 11.8. The molecule has 0 aliphatic carbocycles. The number of aliphatic imine (C=N–C) groups is 1. The summed E-state index contributed by atoms with van der Waals surface area (Å²) < 4.78 is 40.0. The van der Waals surface area contributed by atoms with Gasteiger partial charge in [-0.05, 0) is 30.5 Å². The first-order valence-electron chi connectivity index (χ1n) is 8.00. The monoisotopic (exact) mass is 486 g/mol. The maximum absolute atomic E-state index is 12.1. The summed E-state index contributed by atoms with van der Waals surface area (Å²) in [5.74, 6) is -0.00496. The van der Waals surface area contributed by atoms with Crippen molar-refractivity contribution in [2.45, 2.75) is 32.2 Å². The summed E-state index contributed by atoms with van der Waals surface area (Å²) in [5.41, 5.74) is 6.40. The van der Waals surface area contributed by atoms with Crippen molar-refractivity contribution in [3.8, 4) is 5.75 Å². The molecule has 3 N–H and O–H groups in total. The number of benzene rings is 1. The third-order valence-corrected chi connectivity index (χ3v) is 3.69. The van der Waals surface area contributed by atoms with Gasteiger partial charge in [0, 0.05) is 26.1 Å². The molecule has 10 heteroatoms. The Hall–Kier alpha value is -1.72. The number of hydrogen-bond donors (Lipinski definition) is 2. The molecule has 2 rings (SSSR count). The van der Waals surface area contributed by atoms with Crippen LogP contribution in [0.4, 0.5) is 13.2 Å². The molecule has 26 heavy (non-hydrogen) atoms. The topological polar surface area (TPSA) is 80.0 Å². The summed E-state index contributed by atoms with van der Waals surface area (Å²) in [7, 11) is 0. The van der Waals surface area contributed by atoms with Crippen LogP contribution in [-0.2, 0) is 11.3 Å². The molecular formula is C16H22F3IN4O2. The number of nitrogens with zero attached hydrogens (tertiary/aromatic N) is 2. The van der Waals surface area contributed by atoms with Crippen molar-refractivity contribution in [1.82, 2.24) is 10.2 Å². The van der Waals surface area contributed by atoms with Gasteiger partial charge in [-0.1, -0.05) is 12.1 Å². The second-order valence-electron chi connectivity index (χ2n) is 5.66. The Morgan fingerprint density at radius 1 is 1.23 bits per heavy atom. The number of guanidine groups is 1. The molecule has 146 valence electrons. The normalized spacial score (nSPS) is 14.7. The van der Waals surface area contributed by atoms with Gasteiger partial charge in [0.15, 0.2) is 5.96 Å². The highest BCUT2D eigenvalue weighted by atomic mass is 127. The minimum Gasteiger partial charge on any atom is -0.406 e. The number of likely N-dealkylation sites (tertiary alicyclic amines) is 1. The van der Waals surface area contributed by atoms with E-state index in [9.17, 15) is 18.0 Å². The van der Waals surface area contributed by atoms with Crippen LogP contribution in [0.2, 0.25) is 0 Å². The zero-order chi connectivity index (χ0) is 18.3. The van der Waals surface area contributed by atoms with E-state index in [-0.39, 0.29) is 48.1 Å². The highest BCUT2D eigenvalue weighted by Crippen LogP contribution is 2.22. The predicted molar refractivity (Wildman–Crippen MR) is 102 cm³/mol. The van der Waals surface area contributed by atoms with E-state index in [2.05, 4.69) is 15.0 Å². The first-order valence-corrected chi connectivity index (χ1v) is 8.00. The van der Waals surface area contributed by atoms with Crippen LogP contribution in [0.25, 0.3) is 0 Å². The number of carbonyl (C=O) groups is 1. The van der Waals surface area contributed by atoms with Crippen LogP contribution in [0.5, 0.6) is 5.75 Å². The summed E-state index contributed by atoms with van der Waals surface area (Å²) in [6.07, 6.45) is -2.26. The largest absolute Gasteiger partial charge is 0.573 e. The van der Waals surface area contributed by atoms with Crippen molar-refractivity contribution < 1.29 is 22.7 Å². The van der Waals surface area contributed by atoms with Crippen LogP contribution in [0.1, 0.15) is 24.8 Å². The van der Waals surface area contributed by atoms with E-state index < -0.39 is 6.36 Å². The number of ether oxygens (including phenoxy) is 1. The van der Waals surface area contributed by atoms with Gasteiger partial charge in [0.25, 0.3) is 0 Å². The quantitative estimate of drug-likeness (QED) is 0.368. The van der Waals surface area contributed by atoms with E-state index in [1.54, 1.807) is 0 Å².